The van der Waals surface area contributed by atoms with Crippen molar-refractivity contribution in [3.8, 4) is 5.75 Å². The van der Waals surface area contributed by atoms with Crippen LogP contribution in [0.1, 0.15) is 38.8 Å². The molecule has 1 aromatic carbocycles. The molecular formula is C17H29BrN2O. The molecule has 0 aromatic heterocycles. The van der Waals surface area contributed by atoms with Crippen LogP contribution in [0.3, 0.4) is 0 Å². The van der Waals surface area contributed by atoms with E-state index in [2.05, 4.69) is 73.1 Å². The fourth-order valence-corrected chi connectivity index (χ4v) is 2.96. The smallest absolute Gasteiger partial charge is 0.133 e. The molecule has 0 spiro atoms. The van der Waals surface area contributed by atoms with Gasteiger partial charge in [0, 0.05) is 18.6 Å². The SMILES string of the molecule is COc1ccc(C(C)NCC(CC(C)C)N(C)C)cc1Br. The maximum Gasteiger partial charge on any atom is 0.133 e. The van der Waals surface area contributed by atoms with E-state index in [-0.39, 0.29) is 0 Å². The largest absolute Gasteiger partial charge is 0.496 e. The summed E-state index contributed by atoms with van der Waals surface area (Å²) in [5.74, 6) is 1.58. The van der Waals surface area contributed by atoms with Crippen molar-refractivity contribution < 1.29 is 4.74 Å². The van der Waals surface area contributed by atoms with E-state index < -0.39 is 0 Å². The maximum absolute atomic E-state index is 5.28. The molecule has 0 amide bonds. The lowest BCUT2D eigenvalue weighted by atomic mass is 10.0. The third-order valence-corrected chi connectivity index (χ3v) is 4.43. The molecule has 1 rings (SSSR count). The summed E-state index contributed by atoms with van der Waals surface area (Å²) in [5.41, 5.74) is 1.27. The average Bonchev–Trinajstić information content (AvgIpc) is 2.42. The van der Waals surface area contributed by atoms with Crippen LogP contribution in [-0.2, 0) is 0 Å². The highest BCUT2D eigenvalue weighted by Crippen LogP contribution is 2.28. The zero-order valence-corrected chi connectivity index (χ0v) is 15.7. The molecule has 0 radical (unpaired) electrons. The Morgan fingerprint density at radius 2 is 1.90 bits per heavy atom. The van der Waals surface area contributed by atoms with Crippen molar-refractivity contribution >= 4 is 15.9 Å². The van der Waals surface area contributed by atoms with Crippen molar-refractivity contribution in [2.24, 2.45) is 5.92 Å². The second-order valence-corrected chi connectivity index (χ2v) is 7.13. The van der Waals surface area contributed by atoms with Crippen LogP contribution in [0, 0.1) is 5.92 Å². The molecule has 0 bridgehead atoms. The summed E-state index contributed by atoms with van der Waals surface area (Å²) >= 11 is 3.55. The Hall–Kier alpha value is -0.580. The molecule has 4 heteroatoms. The molecule has 2 atom stereocenters. The lowest BCUT2D eigenvalue weighted by Crippen LogP contribution is -2.39. The monoisotopic (exact) mass is 356 g/mol. The molecule has 0 aliphatic carbocycles. The molecule has 0 heterocycles. The van der Waals surface area contributed by atoms with Gasteiger partial charge < -0.3 is 15.0 Å². The third-order valence-electron chi connectivity index (χ3n) is 3.81. The van der Waals surface area contributed by atoms with E-state index in [1.165, 1.54) is 12.0 Å². The number of ether oxygens (including phenoxy) is 1. The van der Waals surface area contributed by atoms with Gasteiger partial charge in [-0.2, -0.15) is 0 Å². The van der Waals surface area contributed by atoms with Crippen LogP contribution >= 0.6 is 15.9 Å². The fourth-order valence-electron chi connectivity index (χ4n) is 2.40. The highest BCUT2D eigenvalue weighted by atomic mass is 79.9. The van der Waals surface area contributed by atoms with Gasteiger partial charge in [-0.1, -0.05) is 19.9 Å². The maximum atomic E-state index is 5.28. The first-order valence-corrected chi connectivity index (χ1v) is 8.37. The number of nitrogens with one attached hydrogen (secondary N) is 1. The van der Waals surface area contributed by atoms with E-state index in [1.807, 2.05) is 6.07 Å². The minimum atomic E-state index is 0.321. The van der Waals surface area contributed by atoms with Gasteiger partial charge in [0.2, 0.25) is 0 Å². The Morgan fingerprint density at radius 3 is 2.38 bits per heavy atom. The van der Waals surface area contributed by atoms with Gasteiger partial charge >= 0.3 is 0 Å². The molecule has 0 fully saturated rings. The van der Waals surface area contributed by atoms with Crippen LogP contribution in [0.5, 0.6) is 5.75 Å². The van der Waals surface area contributed by atoms with Crippen molar-refractivity contribution in [3.05, 3.63) is 28.2 Å². The van der Waals surface area contributed by atoms with Crippen LogP contribution in [0.4, 0.5) is 0 Å². The predicted octanol–water partition coefficient (Wildman–Crippen LogP) is 4.08. The third kappa shape index (κ3) is 5.97. The molecule has 0 aliphatic rings. The first-order valence-electron chi connectivity index (χ1n) is 7.58. The normalized spacial score (nSPS) is 14.5. The standard InChI is InChI=1S/C17H29BrN2O/c1-12(2)9-15(20(4)5)11-19-13(3)14-7-8-17(21-6)16(18)10-14/h7-8,10,12-13,15,19H,9,11H2,1-6H3. The summed E-state index contributed by atoms with van der Waals surface area (Å²) in [5, 5.41) is 3.65. The molecular weight excluding hydrogens is 328 g/mol. The van der Waals surface area contributed by atoms with Crippen molar-refractivity contribution in [1.82, 2.24) is 10.2 Å². The average molecular weight is 357 g/mol. The lowest BCUT2D eigenvalue weighted by Gasteiger charge is -2.28. The summed E-state index contributed by atoms with van der Waals surface area (Å²) in [6.07, 6.45) is 1.21. The van der Waals surface area contributed by atoms with Gasteiger partial charge in [0.1, 0.15) is 5.75 Å². The van der Waals surface area contributed by atoms with Crippen molar-refractivity contribution in [1.29, 1.82) is 0 Å². The minimum absolute atomic E-state index is 0.321. The summed E-state index contributed by atoms with van der Waals surface area (Å²) in [4.78, 5) is 2.31. The first kappa shape index (κ1) is 18.5. The van der Waals surface area contributed by atoms with Gasteiger partial charge in [-0.3, -0.25) is 0 Å². The van der Waals surface area contributed by atoms with Crippen molar-refractivity contribution in [2.45, 2.75) is 39.3 Å². The molecule has 1 aromatic rings. The summed E-state index contributed by atoms with van der Waals surface area (Å²) < 4.78 is 6.28. The number of hydrogen-bond acceptors (Lipinski definition) is 3. The summed E-state index contributed by atoms with van der Waals surface area (Å²) in [6, 6.07) is 7.14. The quantitative estimate of drug-likeness (QED) is 0.759. The van der Waals surface area contributed by atoms with Gasteiger partial charge in [0.05, 0.1) is 11.6 Å². The zero-order chi connectivity index (χ0) is 16.0. The predicted molar refractivity (Wildman–Crippen MR) is 94.0 cm³/mol. The molecule has 0 aliphatic heterocycles. The Balaban J connectivity index is 2.63. The Labute approximate surface area is 138 Å². The Morgan fingerprint density at radius 1 is 1.24 bits per heavy atom. The van der Waals surface area contributed by atoms with Gasteiger partial charge in [-0.05, 0) is 67.0 Å². The van der Waals surface area contributed by atoms with E-state index in [0.29, 0.717) is 18.0 Å². The van der Waals surface area contributed by atoms with Crippen molar-refractivity contribution in [2.75, 3.05) is 27.7 Å². The van der Waals surface area contributed by atoms with E-state index in [4.69, 9.17) is 4.74 Å². The van der Waals surface area contributed by atoms with E-state index in [0.717, 1.165) is 16.8 Å². The van der Waals surface area contributed by atoms with Gasteiger partial charge in [0.25, 0.3) is 0 Å². The van der Waals surface area contributed by atoms with Gasteiger partial charge in [-0.25, -0.2) is 0 Å². The Kier molecular flexibility index (Phi) is 7.71. The molecule has 1 N–H and O–H groups in total. The number of nitrogens with zero attached hydrogens (tertiary/aromatic N) is 1. The molecule has 0 saturated heterocycles. The van der Waals surface area contributed by atoms with Crippen LogP contribution in [0.25, 0.3) is 0 Å². The minimum Gasteiger partial charge on any atom is -0.496 e. The van der Waals surface area contributed by atoms with E-state index in [9.17, 15) is 0 Å². The van der Waals surface area contributed by atoms with Gasteiger partial charge in [-0.15, -0.1) is 0 Å². The number of hydrogen-bond donors (Lipinski definition) is 1. The molecule has 3 nitrogen and oxygen atoms in total. The number of benzene rings is 1. The molecule has 21 heavy (non-hydrogen) atoms. The van der Waals surface area contributed by atoms with E-state index in [1.54, 1.807) is 7.11 Å². The van der Waals surface area contributed by atoms with Crippen molar-refractivity contribution in [3.63, 3.8) is 0 Å². The second-order valence-electron chi connectivity index (χ2n) is 6.27. The van der Waals surface area contributed by atoms with Crippen LogP contribution in [0.2, 0.25) is 0 Å². The van der Waals surface area contributed by atoms with Crippen LogP contribution in [0.15, 0.2) is 22.7 Å². The lowest BCUT2D eigenvalue weighted by molar-refractivity contribution is 0.242. The topological polar surface area (TPSA) is 24.5 Å². The van der Waals surface area contributed by atoms with Crippen LogP contribution < -0.4 is 10.1 Å². The van der Waals surface area contributed by atoms with E-state index >= 15 is 0 Å². The highest BCUT2D eigenvalue weighted by Gasteiger charge is 2.15. The highest BCUT2D eigenvalue weighted by molar-refractivity contribution is 9.10. The van der Waals surface area contributed by atoms with Crippen LogP contribution in [-0.4, -0.2) is 38.7 Å². The summed E-state index contributed by atoms with van der Waals surface area (Å²) in [7, 11) is 6.00. The second kappa shape index (κ2) is 8.76. The Bertz CT molecular complexity index is 435. The fraction of sp³-hybridized carbons (Fsp3) is 0.647. The summed E-state index contributed by atoms with van der Waals surface area (Å²) in [6.45, 7) is 7.76. The molecule has 2 unspecified atom stereocenters. The first-order chi connectivity index (χ1) is 9.85. The number of halogens is 1. The number of methoxy groups -OCH3 is 1. The van der Waals surface area contributed by atoms with Gasteiger partial charge in [0.15, 0.2) is 0 Å². The zero-order valence-electron chi connectivity index (χ0n) is 14.1. The number of rotatable bonds is 8. The number of likely N-dealkylation sites (N-methyl/N-ethyl adjacent to an activating group) is 1. The molecule has 120 valence electrons. The molecule has 0 saturated carbocycles.